The normalized spacial score (nSPS) is 9.90. The Hall–Kier alpha value is -1.01. The lowest BCUT2D eigenvalue weighted by Gasteiger charge is -2.33. The summed E-state index contributed by atoms with van der Waals surface area (Å²) in [6.07, 6.45) is 0.837. The molecule has 0 saturated heterocycles. The summed E-state index contributed by atoms with van der Waals surface area (Å²) in [7, 11) is 0. The lowest BCUT2D eigenvalue weighted by atomic mass is 10.1. The number of nitrogens with zero attached hydrogens (tertiary/aromatic N) is 1. The summed E-state index contributed by atoms with van der Waals surface area (Å²) in [6.45, 7) is 7.69. The van der Waals surface area contributed by atoms with Gasteiger partial charge in [0.05, 0.1) is 5.54 Å². The van der Waals surface area contributed by atoms with Crippen molar-refractivity contribution in [2.24, 2.45) is 0 Å². The van der Waals surface area contributed by atoms with Crippen molar-refractivity contribution in [1.29, 1.82) is 0 Å². The molecule has 9 heteroatoms. The van der Waals surface area contributed by atoms with E-state index in [9.17, 15) is 9.59 Å². The first-order valence-corrected chi connectivity index (χ1v) is 9.49. The van der Waals surface area contributed by atoms with Gasteiger partial charge >= 0.3 is 0 Å². The van der Waals surface area contributed by atoms with Gasteiger partial charge in [-0.15, -0.1) is 29.8 Å². The molecule has 0 radical (unpaired) electrons. The van der Waals surface area contributed by atoms with Crippen LogP contribution < -0.4 is 4.94 Å². The quantitative estimate of drug-likeness (QED) is 0.287. The molecule has 1 N–H and O–H groups in total. The number of hydrazine groups is 1. The minimum Gasteiger partial charge on any atom is -0.276 e. The van der Waals surface area contributed by atoms with Crippen molar-refractivity contribution in [3.05, 3.63) is 70.2 Å². The third-order valence-corrected chi connectivity index (χ3v) is 4.38. The number of hydrogen-bond acceptors (Lipinski definition) is 3. The van der Waals surface area contributed by atoms with Crippen LogP contribution in [0, 0.1) is 0 Å². The second kappa shape index (κ2) is 14.1. The Morgan fingerprint density at radius 1 is 1.00 bits per heavy atom. The molecule has 0 aliphatic carbocycles. The first-order valence-electron chi connectivity index (χ1n) is 8.36. The van der Waals surface area contributed by atoms with Crippen LogP contribution in [0.2, 0.25) is 5.02 Å². The predicted octanol–water partition coefficient (Wildman–Crippen LogP) is 6.71. The number of amides is 1. The lowest BCUT2D eigenvalue weighted by molar-refractivity contribution is 0.0515. The number of carbonyl (C=O) groups is 2. The fraction of sp³-hybridized carbons (Fsp3) is 0.300. The average molecular weight is 503 g/mol. The molecule has 2 rings (SSSR count). The number of benzene rings is 2. The molecule has 0 aliphatic rings. The lowest BCUT2D eigenvalue weighted by Crippen LogP contribution is -2.50. The molecule has 4 nitrogen and oxygen atoms in total. The molecule has 0 atom stereocenters. The monoisotopic (exact) mass is 500 g/mol. The van der Waals surface area contributed by atoms with Crippen LogP contribution in [-0.2, 0) is 6.42 Å². The summed E-state index contributed by atoms with van der Waals surface area (Å²) in [4.78, 5) is 25.1. The Kier molecular flexibility index (Phi) is 14.7. The smallest absolute Gasteiger partial charge is 0.269 e. The van der Waals surface area contributed by atoms with Crippen LogP contribution in [0.1, 0.15) is 54.0 Å². The fourth-order valence-corrected chi connectivity index (χ4v) is 2.91. The van der Waals surface area contributed by atoms with Crippen molar-refractivity contribution in [1.82, 2.24) is 9.95 Å². The third kappa shape index (κ3) is 9.56. The average Bonchev–Trinajstić information content (AvgIpc) is 2.62. The molecule has 0 spiro atoms. The van der Waals surface area contributed by atoms with Crippen molar-refractivity contribution in [3.8, 4) is 0 Å². The summed E-state index contributed by atoms with van der Waals surface area (Å²) in [5.74, 6) is -0.206. The summed E-state index contributed by atoms with van der Waals surface area (Å²) in [5.41, 5.74) is 1.66. The van der Waals surface area contributed by atoms with Gasteiger partial charge in [0.1, 0.15) is 0 Å². The molecule has 2 aromatic carbocycles. The zero-order valence-electron chi connectivity index (χ0n) is 16.5. The van der Waals surface area contributed by atoms with E-state index >= 15 is 0 Å². The van der Waals surface area contributed by atoms with Gasteiger partial charge in [0, 0.05) is 16.1 Å². The number of halogens is 5. The first kappa shape index (κ1) is 30.2. The van der Waals surface area contributed by atoms with Crippen molar-refractivity contribution in [3.63, 3.8) is 0 Å². The van der Waals surface area contributed by atoms with E-state index in [1.165, 1.54) is 5.01 Å². The molecule has 0 aliphatic heterocycles. The van der Waals surface area contributed by atoms with Gasteiger partial charge in [-0.05, 0) is 68.3 Å². The van der Waals surface area contributed by atoms with Crippen LogP contribution in [0.15, 0.2) is 48.5 Å². The van der Waals surface area contributed by atoms with Crippen molar-refractivity contribution in [2.45, 2.75) is 39.7 Å². The Balaban J connectivity index is 0. The molecular weight excluding hydrogens is 477 g/mol. The molecule has 0 bridgehead atoms. The highest BCUT2D eigenvalue weighted by Gasteiger charge is 2.27. The summed E-state index contributed by atoms with van der Waals surface area (Å²) >= 11 is 16.9. The SMILES string of the molecule is CCc1ccc(C(=O)N(NCl)C(C)(C)C)cc1Cl.Cl.Cl.O=C(Cl)c1ccccc1. The van der Waals surface area contributed by atoms with E-state index < -0.39 is 10.8 Å². The maximum Gasteiger partial charge on any atom is 0.269 e. The number of carbonyl (C=O) groups excluding carboxylic acids is 2. The minimum atomic E-state index is -0.422. The Labute approximate surface area is 199 Å². The highest BCUT2D eigenvalue weighted by molar-refractivity contribution is 6.67. The van der Waals surface area contributed by atoms with Crippen LogP contribution in [0.3, 0.4) is 0 Å². The van der Waals surface area contributed by atoms with E-state index in [1.807, 2.05) is 39.8 Å². The highest BCUT2D eigenvalue weighted by Crippen LogP contribution is 2.21. The molecule has 29 heavy (non-hydrogen) atoms. The number of hydrogen-bond donors (Lipinski definition) is 1. The maximum atomic E-state index is 12.3. The second-order valence-electron chi connectivity index (χ2n) is 6.70. The highest BCUT2D eigenvalue weighted by atomic mass is 35.5. The number of aryl methyl sites for hydroxylation is 1. The summed E-state index contributed by atoms with van der Waals surface area (Å²) in [5, 5.41) is 1.56. The van der Waals surface area contributed by atoms with E-state index in [0.717, 1.165) is 12.0 Å². The van der Waals surface area contributed by atoms with Gasteiger partial charge in [-0.25, -0.2) is 0 Å². The predicted molar refractivity (Wildman–Crippen MR) is 127 cm³/mol. The van der Waals surface area contributed by atoms with Crippen LogP contribution >= 0.6 is 59.8 Å². The Bertz CT molecular complexity index is 780. The summed E-state index contributed by atoms with van der Waals surface area (Å²) < 4.78 is 0. The number of nitrogens with one attached hydrogen (secondary N) is 1. The largest absolute Gasteiger partial charge is 0.276 e. The van der Waals surface area contributed by atoms with E-state index in [0.29, 0.717) is 16.1 Å². The van der Waals surface area contributed by atoms with Gasteiger partial charge < -0.3 is 0 Å². The van der Waals surface area contributed by atoms with Crippen molar-refractivity contribution >= 4 is 70.9 Å². The molecule has 0 fully saturated rings. The molecule has 0 unspecified atom stereocenters. The zero-order valence-corrected chi connectivity index (χ0v) is 20.4. The van der Waals surface area contributed by atoms with Crippen LogP contribution in [0.25, 0.3) is 0 Å². The molecule has 162 valence electrons. The topological polar surface area (TPSA) is 49.4 Å². The Morgan fingerprint density at radius 2 is 1.55 bits per heavy atom. The molecular formula is C20H25Cl5N2O2. The maximum absolute atomic E-state index is 12.3. The van der Waals surface area contributed by atoms with Gasteiger partial charge in [-0.1, -0.05) is 54.9 Å². The molecule has 2 aromatic rings. The standard InChI is InChI=1S/C13H18Cl2N2O.C7H5ClO.2ClH/c1-5-9-6-7-10(8-11(9)14)12(18)17(16-15)13(2,3)4;8-7(9)6-4-2-1-3-5-6;;/h6-8,16H,5H2,1-4H3;1-5H;2*1H. The number of rotatable bonds is 4. The Morgan fingerprint density at radius 3 is 1.90 bits per heavy atom. The molecule has 0 aromatic heterocycles. The molecule has 1 amide bonds. The van der Waals surface area contributed by atoms with E-state index in [1.54, 1.807) is 36.4 Å². The van der Waals surface area contributed by atoms with Crippen molar-refractivity contribution < 1.29 is 9.59 Å². The van der Waals surface area contributed by atoms with Gasteiger partial charge in [-0.2, -0.15) is 0 Å². The van der Waals surface area contributed by atoms with Gasteiger partial charge in [-0.3, -0.25) is 14.6 Å². The fourth-order valence-electron chi connectivity index (χ4n) is 2.14. The van der Waals surface area contributed by atoms with Crippen molar-refractivity contribution in [2.75, 3.05) is 0 Å². The molecule has 0 saturated carbocycles. The summed E-state index contributed by atoms with van der Waals surface area (Å²) in [6, 6.07) is 14.0. The third-order valence-electron chi connectivity index (χ3n) is 3.64. The van der Waals surface area contributed by atoms with E-state index in [2.05, 4.69) is 4.94 Å². The van der Waals surface area contributed by atoms with E-state index in [-0.39, 0.29) is 30.7 Å². The first-order chi connectivity index (χ1) is 12.6. The van der Waals surface area contributed by atoms with Crippen LogP contribution in [0.5, 0.6) is 0 Å². The van der Waals surface area contributed by atoms with Gasteiger partial charge in [0.15, 0.2) is 0 Å². The van der Waals surface area contributed by atoms with Gasteiger partial charge in [0.2, 0.25) is 0 Å². The van der Waals surface area contributed by atoms with Gasteiger partial charge in [0.25, 0.3) is 11.1 Å². The minimum absolute atomic E-state index is 0. The van der Waals surface area contributed by atoms with Crippen LogP contribution in [-0.4, -0.2) is 21.7 Å². The van der Waals surface area contributed by atoms with E-state index in [4.69, 9.17) is 35.0 Å². The molecule has 0 heterocycles. The van der Waals surface area contributed by atoms with Crippen LogP contribution in [0.4, 0.5) is 0 Å². The zero-order chi connectivity index (χ0) is 20.6. The second-order valence-corrected chi connectivity index (χ2v) is 7.61.